The van der Waals surface area contributed by atoms with Crippen LogP contribution in [0.1, 0.15) is 20.3 Å². The van der Waals surface area contributed by atoms with Crippen LogP contribution in [-0.4, -0.2) is 10.9 Å². The number of rotatable bonds is 2. The van der Waals surface area contributed by atoms with Gasteiger partial charge in [0.2, 0.25) is 0 Å². The van der Waals surface area contributed by atoms with Gasteiger partial charge in [0.15, 0.2) is 0 Å². The zero-order chi connectivity index (χ0) is 6.57. The first-order chi connectivity index (χ1) is 3.66. The molecule has 1 N–H and O–H groups in total. The van der Waals surface area contributed by atoms with Crippen molar-refractivity contribution < 1.29 is 9.90 Å². The van der Waals surface area contributed by atoms with E-state index in [-0.39, 0.29) is 5.78 Å². The third-order valence-corrected chi connectivity index (χ3v) is 0.748. The lowest BCUT2D eigenvalue weighted by molar-refractivity contribution is -0.116. The van der Waals surface area contributed by atoms with Gasteiger partial charge in [-0.2, -0.15) is 0 Å². The lowest BCUT2D eigenvalue weighted by Gasteiger charge is -1.89. The molecule has 0 atom stereocenters. The molecule has 0 aromatic heterocycles. The third kappa shape index (κ3) is 3.40. The van der Waals surface area contributed by atoms with E-state index in [2.05, 4.69) is 0 Å². The van der Waals surface area contributed by atoms with Crippen LogP contribution in [0.4, 0.5) is 0 Å². The summed E-state index contributed by atoms with van der Waals surface area (Å²) in [5, 5.41) is 8.27. The molecule has 0 heterocycles. The minimum Gasteiger partial charge on any atom is -0.516 e. The molecule has 0 fully saturated rings. The molecule has 0 spiro atoms. The number of ketones is 1. The third-order valence-electron chi connectivity index (χ3n) is 0.748. The number of hydrogen-bond donors (Lipinski definition) is 1. The number of hydrogen-bond acceptors (Lipinski definition) is 2. The maximum absolute atomic E-state index is 10.3. The van der Waals surface area contributed by atoms with Crippen LogP contribution in [0, 0.1) is 0 Å². The number of carbonyl (C=O) groups excluding carboxylic acids is 1. The molecule has 0 saturated heterocycles. The van der Waals surface area contributed by atoms with Gasteiger partial charge < -0.3 is 5.11 Å². The van der Waals surface area contributed by atoms with Crippen LogP contribution in [0.2, 0.25) is 0 Å². The Kier molecular flexibility index (Phi) is 2.92. The summed E-state index contributed by atoms with van der Waals surface area (Å²) in [5.41, 5.74) is 0.706. The zero-order valence-electron chi connectivity index (χ0n) is 5.14. The van der Waals surface area contributed by atoms with E-state index < -0.39 is 0 Å². The van der Waals surface area contributed by atoms with Crippen LogP contribution in [0.3, 0.4) is 0 Å². The van der Waals surface area contributed by atoms with Crippen molar-refractivity contribution in [3.8, 4) is 0 Å². The highest BCUT2D eigenvalue weighted by atomic mass is 16.2. The van der Waals surface area contributed by atoms with Gasteiger partial charge in [0.05, 0.1) is 6.26 Å². The Morgan fingerprint density at radius 3 is 2.25 bits per heavy atom. The molecule has 0 aromatic rings. The van der Waals surface area contributed by atoms with Gasteiger partial charge >= 0.3 is 0 Å². The molecule has 0 bridgehead atoms. The molecule has 0 rings (SSSR count). The van der Waals surface area contributed by atoms with Gasteiger partial charge in [-0.25, -0.2) is 0 Å². The van der Waals surface area contributed by atoms with E-state index in [4.69, 9.17) is 5.11 Å². The summed E-state index contributed by atoms with van der Waals surface area (Å²) in [6.07, 6.45) is 1.32. The molecule has 46 valence electrons. The van der Waals surface area contributed by atoms with Crippen LogP contribution >= 0.6 is 0 Å². The van der Waals surface area contributed by atoms with Crippen LogP contribution < -0.4 is 0 Å². The van der Waals surface area contributed by atoms with Gasteiger partial charge in [0.1, 0.15) is 5.78 Å². The van der Waals surface area contributed by atoms with Gasteiger partial charge in [-0.3, -0.25) is 4.79 Å². The molecular weight excluding hydrogens is 104 g/mol. The molecule has 8 heavy (non-hydrogen) atoms. The largest absolute Gasteiger partial charge is 0.516 e. The molecule has 0 aliphatic carbocycles. The summed E-state index contributed by atoms with van der Waals surface area (Å²) < 4.78 is 0. The maximum Gasteiger partial charge on any atom is 0.133 e. The highest BCUT2D eigenvalue weighted by molar-refractivity contribution is 5.77. The summed E-state index contributed by atoms with van der Waals surface area (Å²) >= 11 is 0. The summed E-state index contributed by atoms with van der Waals surface area (Å²) in [6, 6.07) is 0. The van der Waals surface area contributed by atoms with Gasteiger partial charge in [-0.15, -0.1) is 0 Å². The summed E-state index contributed by atoms with van der Waals surface area (Å²) in [4.78, 5) is 10.3. The van der Waals surface area contributed by atoms with E-state index in [1.807, 2.05) is 0 Å². The van der Waals surface area contributed by atoms with E-state index >= 15 is 0 Å². The smallest absolute Gasteiger partial charge is 0.133 e. The molecule has 0 amide bonds. The highest BCUT2D eigenvalue weighted by Gasteiger charge is 1.92. The topological polar surface area (TPSA) is 37.3 Å². The van der Waals surface area contributed by atoms with Crippen LogP contribution in [-0.2, 0) is 4.79 Å². The molecule has 2 nitrogen and oxygen atoms in total. The number of aliphatic hydroxyl groups is 1. The summed E-state index contributed by atoms with van der Waals surface area (Å²) in [6.45, 7) is 3.20. The molecule has 0 saturated carbocycles. The highest BCUT2D eigenvalue weighted by Crippen LogP contribution is 1.96. The van der Waals surface area contributed by atoms with E-state index in [1.165, 1.54) is 6.92 Å². The maximum atomic E-state index is 10.3. The second-order valence-electron chi connectivity index (χ2n) is 1.85. The fourth-order valence-electron chi connectivity index (χ4n) is 0.438. The van der Waals surface area contributed by atoms with E-state index in [9.17, 15) is 4.79 Å². The SMILES string of the molecule is CC(=O)CC(C)=CO. The second-order valence-corrected chi connectivity index (χ2v) is 1.85. The fraction of sp³-hybridized carbons (Fsp3) is 0.500. The van der Waals surface area contributed by atoms with Crippen LogP contribution in [0.15, 0.2) is 11.8 Å². The molecule has 2 heteroatoms. The Hall–Kier alpha value is -0.790. The van der Waals surface area contributed by atoms with Gasteiger partial charge in [0, 0.05) is 6.42 Å². The second kappa shape index (κ2) is 3.24. The van der Waals surface area contributed by atoms with E-state index in [0.29, 0.717) is 12.0 Å². The van der Waals surface area contributed by atoms with E-state index in [0.717, 1.165) is 6.26 Å². The fourth-order valence-corrected chi connectivity index (χ4v) is 0.438. The number of Topliss-reactive ketones (excluding diaryl/α,β-unsaturated/α-hetero) is 1. The Bertz CT molecular complexity index is 114. The van der Waals surface area contributed by atoms with Crippen molar-refractivity contribution in [3.63, 3.8) is 0 Å². The summed E-state index contributed by atoms with van der Waals surface area (Å²) in [7, 11) is 0. The van der Waals surface area contributed by atoms with E-state index in [1.54, 1.807) is 6.92 Å². The van der Waals surface area contributed by atoms with Gasteiger partial charge in [-0.05, 0) is 19.4 Å². The molecule has 0 unspecified atom stereocenters. The lowest BCUT2D eigenvalue weighted by atomic mass is 10.2. The van der Waals surface area contributed by atoms with Crippen molar-refractivity contribution in [2.24, 2.45) is 0 Å². The van der Waals surface area contributed by atoms with Gasteiger partial charge in [-0.1, -0.05) is 0 Å². The van der Waals surface area contributed by atoms with Crippen molar-refractivity contribution in [2.75, 3.05) is 0 Å². The minimum atomic E-state index is 0.0767. The average Bonchev–Trinajstić information content (AvgIpc) is 1.65. The molecular formula is C6H10O2. The zero-order valence-corrected chi connectivity index (χ0v) is 5.14. The van der Waals surface area contributed by atoms with Crippen LogP contribution in [0.25, 0.3) is 0 Å². The number of carbonyl (C=O) groups is 1. The average molecular weight is 114 g/mol. The number of allylic oxidation sites excluding steroid dienone is 1. The molecule has 0 radical (unpaired) electrons. The van der Waals surface area contributed by atoms with Crippen molar-refractivity contribution in [1.29, 1.82) is 0 Å². The normalized spacial score (nSPS) is 11.5. The first kappa shape index (κ1) is 7.21. The minimum absolute atomic E-state index is 0.0767. The quantitative estimate of drug-likeness (QED) is 0.551. The van der Waals surface area contributed by atoms with Crippen molar-refractivity contribution >= 4 is 5.78 Å². The standard InChI is InChI=1S/C6H10O2/c1-5(4-7)3-6(2)8/h4,7H,3H2,1-2H3. The first-order valence-electron chi connectivity index (χ1n) is 2.46. The lowest BCUT2D eigenvalue weighted by Crippen LogP contribution is -1.89. The Balaban J connectivity index is 3.56. The monoisotopic (exact) mass is 114 g/mol. The summed E-state index contributed by atoms with van der Waals surface area (Å²) in [5.74, 6) is 0.0767. The Labute approximate surface area is 48.8 Å². The Morgan fingerprint density at radius 2 is 2.12 bits per heavy atom. The molecule has 0 aromatic carbocycles. The Morgan fingerprint density at radius 1 is 1.62 bits per heavy atom. The number of aliphatic hydroxyl groups excluding tert-OH is 1. The predicted octanol–water partition coefficient (Wildman–Crippen LogP) is 1.43. The van der Waals surface area contributed by atoms with Crippen molar-refractivity contribution in [1.82, 2.24) is 0 Å². The van der Waals surface area contributed by atoms with Gasteiger partial charge in [0.25, 0.3) is 0 Å². The van der Waals surface area contributed by atoms with Crippen molar-refractivity contribution in [3.05, 3.63) is 11.8 Å². The molecule has 0 aliphatic heterocycles. The first-order valence-corrected chi connectivity index (χ1v) is 2.46. The van der Waals surface area contributed by atoms with Crippen molar-refractivity contribution in [2.45, 2.75) is 20.3 Å². The molecule has 0 aliphatic rings. The predicted molar refractivity (Wildman–Crippen MR) is 31.7 cm³/mol. The van der Waals surface area contributed by atoms with Crippen LogP contribution in [0.5, 0.6) is 0 Å².